The van der Waals surface area contributed by atoms with Crippen LogP contribution in [0.5, 0.6) is 0 Å². The van der Waals surface area contributed by atoms with Crippen LogP contribution >= 0.6 is 0 Å². The van der Waals surface area contributed by atoms with Gasteiger partial charge in [0.05, 0.1) is 12.1 Å². The van der Waals surface area contributed by atoms with Gasteiger partial charge in [0.15, 0.2) is 0 Å². The zero-order valence-corrected chi connectivity index (χ0v) is 7.28. The van der Waals surface area contributed by atoms with E-state index in [0.29, 0.717) is 5.96 Å². The average Bonchev–Trinajstić information content (AvgIpc) is 1.59. The van der Waals surface area contributed by atoms with E-state index in [2.05, 4.69) is 31.1 Å². The van der Waals surface area contributed by atoms with E-state index < -0.39 is 0 Å². The summed E-state index contributed by atoms with van der Waals surface area (Å²) >= 11 is 0. The first-order chi connectivity index (χ1) is 4.45. The van der Waals surface area contributed by atoms with Crippen LogP contribution in [0, 0.1) is 0 Å². The molecule has 0 heterocycles. The van der Waals surface area contributed by atoms with Crippen molar-refractivity contribution in [2.24, 2.45) is 5.73 Å². The molecule has 0 aliphatic carbocycles. The summed E-state index contributed by atoms with van der Waals surface area (Å²) in [7, 11) is 0. The Morgan fingerprint density at radius 3 is 2.30 bits per heavy atom. The third-order valence-corrected chi connectivity index (χ3v) is 0.877. The van der Waals surface area contributed by atoms with Crippen molar-refractivity contribution in [2.75, 3.05) is 6.54 Å². The number of guanidine groups is 1. The summed E-state index contributed by atoms with van der Waals surface area (Å²) in [5.41, 5.74) is 5.61. The fraction of sp³-hybridized carbons (Fsp3) is 0.857. The molecule has 3 nitrogen and oxygen atoms in total. The van der Waals surface area contributed by atoms with Crippen molar-refractivity contribution in [2.45, 2.75) is 33.2 Å². The van der Waals surface area contributed by atoms with Crippen LogP contribution in [0.25, 0.3) is 0 Å². The highest BCUT2D eigenvalue weighted by atomic mass is 15.1. The molecule has 0 saturated carbocycles. The molecule has 0 saturated heterocycles. The van der Waals surface area contributed by atoms with E-state index in [0.717, 1.165) is 6.54 Å². The Morgan fingerprint density at radius 1 is 1.50 bits per heavy atom. The lowest BCUT2D eigenvalue weighted by atomic mass is 10.1. The monoisotopic (exact) mass is 144 g/mol. The smallest absolute Gasteiger partial charge is 0.291 e. The molecule has 0 aliphatic rings. The minimum Gasteiger partial charge on any atom is -0.291 e. The topological polar surface area (TPSA) is 52.0 Å². The molecule has 0 radical (unpaired) electrons. The van der Waals surface area contributed by atoms with E-state index in [-0.39, 0.29) is 5.54 Å². The molecular formula is C7H18N3+. The van der Waals surface area contributed by atoms with Gasteiger partial charge in [-0.2, -0.15) is 0 Å². The lowest BCUT2D eigenvalue weighted by Crippen LogP contribution is -2.79. The zero-order chi connectivity index (χ0) is 8.20. The number of rotatable bonds is 1. The van der Waals surface area contributed by atoms with Crippen molar-refractivity contribution in [1.82, 2.24) is 5.32 Å². The van der Waals surface area contributed by atoms with Gasteiger partial charge in [-0.05, 0) is 27.7 Å². The Balaban J connectivity index is 3.79. The number of hydrogen-bond donors (Lipinski definition) is 3. The fourth-order valence-corrected chi connectivity index (χ4v) is 0.639. The van der Waals surface area contributed by atoms with Gasteiger partial charge in [0.25, 0.3) is 0 Å². The molecule has 0 rings (SSSR count). The Bertz CT molecular complexity index is 121. The van der Waals surface area contributed by atoms with Gasteiger partial charge < -0.3 is 0 Å². The van der Waals surface area contributed by atoms with E-state index in [1.807, 2.05) is 6.92 Å². The summed E-state index contributed by atoms with van der Waals surface area (Å²) in [6.07, 6.45) is 0. The van der Waals surface area contributed by atoms with Gasteiger partial charge in [-0.1, -0.05) is 0 Å². The Hall–Kier alpha value is -0.730. The highest BCUT2D eigenvalue weighted by Gasteiger charge is 2.14. The first-order valence-corrected chi connectivity index (χ1v) is 3.60. The van der Waals surface area contributed by atoms with Crippen molar-refractivity contribution in [1.29, 1.82) is 0 Å². The molecule has 10 heavy (non-hydrogen) atoms. The minimum absolute atomic E-state index is 0.0479. The maximum atomic E-state index is 5.56. The van der Waals surface area contributed by atoms with Gasteiger partial charge in [-0.3, -0.25) is 16.0 Å². The molecular weight excluding hydrogens is 126 g/mol. The predicted molar refractivity (Wildman–Crippen MR) is 43.6 cm³/mol. The van der Waals surface area contributed by atoms with Gasteiger partial charge in [0.1, 0.15) is 0 Å². The second-order valence-electron chi connectivity index (χ2n) is 3.32. The third-order valence-electron chi connectivity index (χ3n) is 0.877. The zero-order valence-electron chi connectivity index (χ0n) is 7.28. The quantitative estimate of drug-likeness (QED) is 0.319. The maximum Gasteiger partial charge on any atom is 0.341 e. The summed E-state index contributed by atoms with van der Waals surface area (Å²) in [5.74, 6) is 0.648. The largest absolute Gasteiger partial charge is 0.341 e. The molecule has 0 aliphatic heterocycles. The molecule has 60 valence electrons. The van der Waals surface area contributed by atoms with Crippen LogP contribution < -0.4 is 16.0 Å². The van der Waals surface area contributed by atoms with Crippen LogP contribution in [0.4, 0.5) is 0 Å². The Kier molecular flexibility index (Phi) is 3.19. The van der Waals surface area contributed by atoms with Crippen molar-refractivity contribution in [3.05, 3.63) is 0 Å². The van der Waals surface area contributed by atoms with E-state index in [4.69, 9.17) is 5.73 Å². The summed E-state index contributed by atoms with van der Waals surface area (Å²) in [6.45, 7) is 9.07. The molecule has 0 fully saturated rings. The van der Waals surface area contributed by atoms with Crippen LogP contribution in [0.15, 0.2) is 0 Å². The van der Waals surface area contributed by atoms with Crippen molar-refractivity contribution in [3.63, 3.8) is 0 Å². The molecule has 0 bridgehead atoms. The van der Waals surface area contributed by atoms with Gasteiger partial charge in [-0.25, -0.2) is 0 Å². The predicted octanol–water partition coefficient (Wildman–Crippen LogP) is -1.21. The maximum absolute atomic E-state index is 5.56. The molecule has 4 N–H and O–H groups in total. The molecule has 0 aromatic carbocycles. The van der Waals surface area contributed by atoms with Crippen LogP contribution in [0.1, 0.15) is 27.7 Å². The highest BCUT2D eigenvalue weighted by molar-refractivity contribution is 5.72. The average molecular weight is 144 g/mol. The number of nitrogens with one attached hydrogen (secondary N) is 2. The standard InChI is InChI=1S/C7H17N3/c1-5-9-6(8)10-7(2,3)4/h5H2,1-4H3,(H3,8,9,10)/p+1. The molecule has 0 spiro atoms. The first kappa shape index (κ1) is 9.27. The van der Waals surface area contributed by atoms with Gasteiger partial charge in [0, 0.05) is 0 Å². The third kappa shape index (κ3) is 5.41. The minimum atomic E-state index is 0.0479. The highest BCUT2D eigenvalue weighted by Crippen LogP contribution is 1.95. The van der Waals surface area contributed by atoms with Crippen molar-refractivity contribution >= 4 is 5.96 Å². The van der Waals surface area contributed by atoms with Crippen molar-refractivity contribution < 1.29 is 4.99 Å². The SMILES string of the molecule is CC[NH+]=C(N)NC(C)(C)C. The van der Waals surface area contributed by atoms with E-state index in [1.54, 1.807) is 0 Å². The van der Waals surface area contributed by atoms with Crippen LogP contribution in [-0.4, -0.2) is 18.0 Å². The van der Waals surface area contributed by atoms with Crippen LogP contribution in [0.2, 0.25) is 0 Å². The number of hydrogen-bond acceptors (Lipinski definition) is 0. The molecule has 3 heteroatoms. The molecule has 0 aromatic rings. The van der Waals surface area contributed by atoms with E-state index in [1.165, 1.54) is 0 Å². The lowest BCUT2D eigenvalue weighted by Gasteiger charge is -2.15. The van der Waals surface area contributed by atoms with E-state index >= 15 is 0 Å². The van der Waals surface area contributed by atoms with Gasteiger partial charge in [-0.15, -0.1) is 0 Å². The number of nitrogens with two attached hydrogens (primary N) is 1. The second kappa shape index (κ2) is 3.44. The first-order valence-electron chi connectivity index (χ1n) is 3.60. The molecule has 0 unspecified atom stereocenters. The summed E-state index contributed by atoms with van der Waals surface area (Å²) < 4.78 is 0. The fourth-order valence-electron chi connectivity index (χ4n) is 0.639. The van der Waals surface area contributed by atoms with Crippen LogP contribution in [-0.2, 0) is 0 Å². The summed E-state index contributed by atoms with van der Waals surface area (Å²) in [5, 5.41) is 3.10. The second-order valence-corrected chi connectivity index (χ2v) is 3.32. The molecule has 0 aromatic heterocycles. The van der Waals surface area contributed by atoms with Crippen molar-refractivity contribution in [3.8, 4) is 0 Å². The van der Waals surface area contributed by atoms with Gasteiger partial charge >= 0.3 is 5.96 Å². The van der Waals surface area contributed by atoms with E-state index in [9.17, 15) is 0 Å². The van der Waals surface area contributed by atoms with Gasteiger partial charge in [0.2, 0.25) is 0 Å². The summed E-state index contributed by atoms with van der Waals surface area (Å²) in [6, 6.07) is 0. The molecule has 0 atom stereocenters. The normalized spacial score (nSPS) is 13.4. The lowest BCUT2D eigenvalue weighted by molar-refractivity contribution is -0.456. The summed E-state index contributed by atoms with van der Waals surface area (Å²) in [4.78, 5) is 2.99. The Labute approximate surface area is 62.7 Å². The Morgan fingerprint density at radius 2 is 2.00 bits per heavy atom. The molecule has 0 amide bonds. The van der Waals surface area contributed by atoms with Crippen LogP contribution in [0.3, 0.4) is 0 Å².